The summed E-state index contributed by atoms with van der Waals surface area (Å²) >= 11 is 0. The minimum Gasteiger partial charge on any atom is -0.463 e. The van der Waals surface area contributed by atoms with Crippen LogP contribution in [0.5, 0.6) is 0 Å². The number of carbonyl (C=O) groups excluding carboxylic acids is 3. The highest BCUT2D eigenvalue weighted by molar-refractivity contribution is 7.47. The van der Waals surface area contributed by atoms with E-state index in [0.29, 0.717) is 19.3 Å². The summed E-state index contributed by atoms with van der Waals surface area (Å²) in [4.78, 5) is 58.5. The average Bonchev–Trinajstić information content (AvgIpc) is 2.81. The highest BCUT2D eigenvalue weighted by Crippen LogP contribution is 2.45. The van der Waals surface area contributed by atoms with E-state index in [0.717, 1.165) is 135 Å². The maximum absolute atomic E-state index is 12.9. The molecule has 0 spiro atoms. The van der Waals surface area contributed by atoms with Gasteiger partial charge in [0, 0.05) is 19.3 Å². The second-order valence-electron chi connectivity index (χ2n) is 25.8. The van der Waals surface area contributed by atoms with Crippen LogP contribution in [0.25, 0.3) is 0 Å². The molecule has 97 heavy (non-hydrogen) atoms. The van der Waals surface area contributed by atoms with Gasteiger partial charge in [0.2, 0.25) is 0 Å². The first-order valence-electron chi connectivity index (χ1n) is 38.5. The van der Waals surface area contributed by atoms with E-state index in [1.165, 1.54) is 135 Å². The van der Waals surface area contributed by atoms with Crippen molar-refractivity contribution in [2.24, 2.45) is 0 Å². The molecule has 0 bridgehead atoms. The first-order valence-corrected chi connectivity index (χ1v) is 41.5. The van der Waals surface area contributed by atoms with Crippen LogP contribution in [0.2, 0.25) is 0 Å². The minimum absolute atomic E-state index is 0.105. The first-order chi connectivity index (χ1) is 47.2. The van der Waals surface area contributed by atoms with Gasteiger partial charge in [0.05, 0.1) is 26.4 Å². The smallest absolute Gasteiger partial charge is 0.463 e. The largest absolute Gasteiger partial charge is 0.472 e. The Morgan fingerprint density at radius 3 is 0.887 bits per heavy atom. The summed E-state index contributed by atoms with van der Waals surface area (Å²) < 4.78 is 61.0. The number of aliphatic hydroxyl groups excluding tert-OH is 2. The molecule has 18 heteroatoms. The highest BCUT2D eigenvalue weighted by atomic mass is 31.2. The lowest BCUT2D eigenvalue weighted by Gasteiger charge is -2.21. The Labute approximate surface area is 590 Å². The van der Waals surface area contributed by atoms with Gasteiger partial charge in [-0.05, 0) is 103 Å². The van der Waals surface area contributed by atoms with Crippen LogP contribution >= 0.6 is 15.6 Å². The Balaban J connectivity index is 4.39. The van der Waals surface area contributed by atoms with Crippen LogP contribution in [0, 0.1) is 0 Å². The van der Waals surface area contributed by atoms with Crippen molar-refractivity contribution in [2.75, 3.05) is 39.6 Å². The summed E-state index contributed by atoms with van der Waals surface area (Å²) in [5.74, 6) is -1.58. The number of esters is 3. The Hall–Kier alpha value is -3.53. The molecule has 0 amide bonds. The van der Waals surface area contributed by atoms with Crippen molar-refractivity contribution >= 4 is 33.6 Å². The molecule has 562 valence electrons. The second kappa shape index (κ2) is 72.3. The van der Waals surface area contributed by atoms with Crippen LogP contribution in [0.4, 0.5) is 0 Å². The highest BCUT2D eigenvalue weighted by Gasteiger charge is 2.29. The van der Waals surface area contributed by atoms with E-state index in [9.17, 15) is 43.5 Å². The van der Waals surface area contributed by atoms with E-state index in [1.807, 2.05) is 0 Å². The van der Waals surface area contributed by atoms with Crippen LogP contribution in [-0.4, -0.2) is 95.9 Å². The molecule has 0 radical (unpaired) electrons. The number of phosphoric ester groups is 2. The van der Waals surface area contributed by atoms with E-state index < -0.39 is 91.5 Å². The molecule has 5 atom stereocenters. The summed E-state index contributed by atoms with van der Waals surface area (Å²) in [6.45, 7) is 2.54. The van der Waals surface area contributed by atoms with Crippen LogP contribution in [0.3, 0.4) is 0 Å². The molecule has 0 aliphatic rings. The van der Waals surface area contributed by atoms with Crippen molar-refractivity contribution in [3.05, 3.63) is 97.2 Å². The van der Waals surface area contributed by atoms with Gasteiger partial charge in [-0.3, -0.25) is 32.5 Å². The van der Waals surface area contributed by atoms with Gasteiger partial charge in [-0.1, -0.05) is 304 Å². The summed E-state index contributed by atoms with van der Waals surface area (Å²) in [6, 6.07) is 0. The molecule has 0 aliphatic carbocycles. The number of hydrogen-bond donors (Lipinski definition) is 4. The van der Waals surface area contributed by atoms with Crippen LogP contribution < -0.4 is 0 Å². The number of unbranched alkanes of at least 4 members (excludes halogenated alkanes) is 34. The van der Waals surface area contributed by atoms with E-state index in [4.69, 9.17) is 32.3 Å². The third kappa shape index (κ3) is 73.5. The van der Waals surface area contributed by atoms with E-state index in [1.54, 1.807) is 0 Å². The number of allylic oxidation sites excluding steroid dienone is 16. The molecular weight excluding hydrogens is 1270 g/mol. The quantitative estimate of drug-likeness (QED) is 0.0146. The first kappa shape index (κ1) is 93.5. The minimum atomic E-state index is -4.92. The lowest BCUT2D eigenvalue weighted by atomic mass is 10.0. The number of ether oxygens (including phenoxy) is 3. The molecule has 4 N–H and O–H groups in total. The van der Waals surface area contributed by atoms with Crippen LogP contribution in [-0.2, 0) is 55.8 Å². The van der Waals surface area contributed by atoms with Crippen molar-refractivity contribution in [1.29, 1.82) is 0 Å². The van der Waals surface area contributed by atoms with Gasteiger partial charge in [-0.15, -0.1) is 0 Å². The van der Waals surface area contributed by atoms with Gasteiger partial charge < -0.3 is 34.2 Å². The fourth-order valence-electron chi connectivity index (χ4n) is 10.4. The van der Waals surface area contributed by atoms with Crippen molar-refractivity contribution in [2.45, 2.75) is 347 Å². The molecule has 0 aliphatic heterocycles. The lowest BCUT2D eigenvalue weighted by Crippen LogP contribution is -2.30. The number of rotatable bonds is 73. The molecule has 0 saturated heterocycles. The van der Waals surface area contributed by atoms with Crippen molar-refractivity contribution in [3.63, 3.8) is 0 Å². The zero-order valence-corrected chi connectivity index (χ0v) is 63.0. The van der Waals surface area contributed by atoms with E-state index in [2.05, 4.69) is 118 Å². The predicted octanol–water partition coefficient (Wildman–Crippen LogP) is 22.2. The summed E-state index contributed by atoms with van der Waals surface area (Å²) in [5.41, 5.74) is 0. The Morgan fingerprint density at radius 2 is 0.546 bits per heavy atom. The van der Waals surface area contributed by atoms with E-state index in [-0.39, 0.29) is 19.3 Å². The molecule has 0 aromatic rings. The Morgan fingerprint density at radius 1 is 0.299 bits per heavy atom. The molecule has 0 fully saturated rings. The Bertz CT molecular complexity index is 2150. The molecule has 16 nitrogen and oxygen atoms in total. The van der Waals surface area contributed by atoms with Gasteiger partial charge in [0.25, 0.3) is 0 Å². The van der Waals surface area contributed by atoms with Crippen molar-refractivity contribution in [1.82, 2.24) is 0 Å². The number of phosphoric acid groups is 2. The summed E-state index contributed by atoms with van der Waals surface area (Å²) in [7, 11) is -9.77. The molecule has 0 saturated carbocycles. The monoisotopic (exact) mass is 1410 g/mol. The SMILES string of the molecule is CC/C=C\C/C=C\C/C=C\C/C=C\C/C=C\CCCCCCCCCCCCCCCCCC(=O)OCC(O)COP(=O)(O)OCC(O)COP(=O)(O)OCC(COC(=O)CCCCCCCC/C=C\C/C=C\C/C=C\CCCCC)OC(=O)CCCCCCCCCCCCC. The standard InChI is InChI=1S/C79H140O16P2/c1-4-7-10-13-16-19-22-24-26-28-30-31-32-33-34-35-36-37-38-39-40-41-43-45-46-48-51-53-56-59-62-65-77(82)89-68-74(80)69-91-96(85,86)92-70-75(81)71-93-97(87,88)94-73-76(95-79(84)67-64-61-58-55-50-21-18-15-12-9-6-3)72-90-78(83)66-63-60-57-54-52-49-47-44-42-29-27-25-23-20-17-14-11-8-5-2/h7,10,16-17,19-20,24-27,30-31,33-34,42,44,74-76,80-81H,4-6,8-9,11-15,18,21-23,28-29,32,35-41,43,45-73H2,1-3H3,(H,85,86)(H,87,88)/b10-7-,19-16-,20-17-,26-24-,27-25-,31-30-,34-33-,44-42-. The summed E-state index contributed by atoms with van der Waals surface area (Å²) in [5, 5.41) is 20.6. The summed E-state index contributed by atoms with van der Waals surface area (Å²) in [6.07, 6.45) is 81.9. The third-order valence-corrected chi connectivity index (χ3v) is 18.2. The van der Waals surface area contributed by atoms with Gasteiger partial charge in [-0.25, -0.2) is 9.13 Å². The fraction of sp³-hybridized carbons (Fsp3) is 0.759. The second-order valence-corrected chi connectivity index (χ2v) is 28.7. The van der Waals surface area contributed by atoms with Crippen LogP contribution in [0.1, 0.15) is 329 Å². The van der Waals surface area contributed by atoms with Crippen LogP contribution in [0.15, 0.2) is 97.2 Å². The zero-order valence-electron chi connectivity index (χ0n) is 61.2. The van der Waals surface area contributed by atoms with Crippen molar-refractivity contribution < 1.29 is 75.8 Å². The van der Waals surface area contributed by atoms with Crippen molar-refractivity contribution in [3.8, 4) is 0 Å². The number of hydrogen-bond acceptors (Lipinski definition) is 14. The maximum atomic E-state index is 12.9. The zero-order chi connectivity index (χ0) is 70.9. The average molecular weight is 1410 g/mol. The van der Waals surface area contributed by atoms with E-state index >= 15 is 0 Å². The van der Waals surface area contributed by atoms with Gasteiger partial charge in [-0.2, -0.15) is 0 Å². The van der Waals surface area contributed by atoms with Gasteiger partial charge in [0.1, 0.15) is 25.4 Å². The predicted molar refractivity (Wildman–Crippen MR) is 399 cm³/mol. The molecule has 0 aromatic heterocycles. The number of carbonyl (C=O) groups is 3. The van der Waals surface area contributed by atoms with Gasteiger partial charge >= 0.3 is 33.6 Å². The normalized spacial score (nSPS) is 14.6. The molecular formula is C79H140O16P2. The molecule has 5 unspecified atom stereocenters. The maximum Gasteiger partial charge on any atom is 0.472 e. The molecule has 0 rings (SSSR count). The topological polar surface area (TPSA) is 231 Å². The number of aliphatic hydroxyl groups is 2. The molecule has 0 aromatic carbocycles. The van der Waals surface area contributed by atoms with Gasteiger partial charge in [0.15, 0.2) is 6.10 Å². The fourth-order valence-corrected chi connectivity index (χ4v) is 12.0. The lowest BCUT2D eigenvalue weighted by molar-refractivity contribution is -0.161. The molecule has 0 heterocycles. The third-order valence-electron chi connectivity index (χ3n) is 16.3. The Kier molecular flexibility index (Phi) is 69.6.